The minimum atomic E-state index is 0.633. The Morgan fingerprint density at radius 2 is 0.966 bits per heavy atom. The molecule has 0 aliphatic heterocycles. The Morgan fingerprint density at radius 3 is 1.81 bits per heavy atom. The lowest BCUT2D eigenvalue weighted by Crippen LogP contribution is -2.00. The first-order valence-electron chi connectivity index (χ1n) is 19.4. The number of oxazole rings is 1. The molecule has 0 aliphatic rings. The quantitative estimate of drug-likeness (QED) is 0.168. The van der Waals surface area contributed by atoms with Crippen molar-refractivity contribution in [2.45, 2.75) is 0 Å². The smallest absolute Gasteiger partial charge is 0.227 e. The van der Waals surface area contributed by atoms with E-state index < -0.39 is 0 Å². The van der Waals surface area contributed by atoms with Gasteiger partial charge in [-0.1, -0.05) is 133 Å². The topological polar surface area (TPSA) is 64.7 Å². The number of benzene rings is 8. The summed E-state index contributed by atoms with van der Waals surface area (Å²) in [5, 5.41) is 4.90. The molecule has 0 unspecified atom stereocenters. The van der Waals surface area contributed by atoms with Gasteiger partial charge in [-0.3, -0.25) is 0 Å². The average molecular weight is 791 g/mol. The first-order chi connectivity index (χ1) is 29.2. The van der Waals surface area contributed by atoms with Crippen LogP contribution < -0.4 is 0 Å². The Bertz CT molecular complexity index is 3520. The highest BCUT2D eigenvalue weighted by atomic mass is 32.1. The first kappa shape index (κ1) is 33.8. The van der Waals surface area contributed by atoms with Gasteiger partial charge in [0.15, 0.2) is 23.1 Å². The van der Waals surface area contributed by atoms with E-state index in [4.69, 9.17) is 19.4 Å². The van der Waals surface area contributed by atoms with Crippen LogP contribution in [-0.4, -0.2) is 19.9 Å². The average Bonchev–Trinajstić information content (AvgIpc) is 4.03. The number of hydrogen-bond acceptors (Lipinski definition) is 7. The zero-order valence-electron chi connectivity index (χ0n) is 31.3. The van der Waals surface area contributed by atoms with Crippen molar-refractivity contribution < 1.29 is 4.42 Å². The zero-order valence-corrected chi connectivity index (χ0v) is 33.0. The van der Waals surface area contributed by atoms with Crippen LogP contribution in [0.25, 0.3) is 119 Å². The number of hydrogen-bond donors (Lipinski definition) is 0. The molecule has 7 heteroatoms. The van der Waals surface area contributed by atoms with Crippen LogP contribution in [0.1, 0.15) is 0 Å². The van der Waals surface area contributed by atoms with E-state index in [1.165, 1.54) is 51.5 Å². The molecule has 0 amide bonds. The maximum absolute atomic E-state index is 6.02. The highest BCUT2D eigenvalue weighted by molar-refractivity contribution is 7.26. The molecule has 4 aromatic heterocycles. The van der Waals surface area contributed by atoms with E-state index in [0.717, 1.165) is 44.5 Å². The fourth-order valence-corrected chi connectivity index (χ4v) is 10.5. The largest absolute Gasteiger partial charge is 0.436 e. The van der Waals surface area contributed by atoms with Gasteiger partial charge in [0, 0.05) is 62.6 Å². The molecule has 276 valence electrons. The molecule has 0 spiro atoms. The molecule has 0 radical (unpaired) electrons. The van der Waals surface area contributed by atoms with Crippen LogP contribution >= 0.6 is 22.7 Å². The molecule has 0 bridgehead atoms. The number of nitrogens with zero attached hydrogens (tertiary/aromatic N) is 4. The second kappa shape index (κ2) is 13.7. The van der Waals surface area contributed by atoms with Crippen molar-refractivity contribution in [2.24, 2.45) is 0 Å². The van der Waals surface area contributed by atoms with Gasteiger partial charge in [0.05, 0.1) is 0 Å². The number of aromatic nitrogens is 4. The van der Waals surface area contributed by atoms with Gasteiger partial charge in [-0.15, -0.1) is 22.7 Å². The highest BCUT2D eigenvalue weighted by Gasteiger charge is 2.18. The minimum absolute atomic E-state index is 0.633. The van der Waals surface area contributed by atoms with E-state index in [1.54, 1.807) is 11.3 Å². The second-order valence-electron chi connectivity index (χ2n) is 14.6. The van der Waals surface area contributed by atoms with Gasteiger partial charge in [0.25, 0.3) is 0 Å². The van der Waals surface area contributed by atoms with Crippen molar-refractivity contribution in [1.82, 2.24) is 19.9 Å². The Kier molecular flexibility index (Phi) is 7.82. The highest BCUT2D eigenvalue weighted by Crippen LogP contribution is 2.43. The molecule has 0 atom stereocenters. The van der Waals surface area contributed by atoms with Crippen molar-refractivity contribution in [3.05, 3.63) is 182 Å². The maximum atomic E-state index is 6.02. The van der Waals surface area contributed by atoms with Crippen LogP contribution in [0.5, 0.6) is 0 Å². The predicted octanol–water partition coefficient (Wildman–Crippen LogP) is 14.8. The summed E-state index contributed by atoms with van der Waals surface area (Å²) in [5.74, 6) is 2.60. The van der Waals surface area contributed by atoms with Gasteiger partial charge in [0.1, 0.15) is 5.52 Å². The number of para-hydroxylation sites is 2. The van der Waals surface area contributed by atoms with Crippen molar-refractivity contribution in [1.29, 1.82) is 0 Å². The third-order valence-corrected chi connectivity index (χ3v) is 13.4. The van der Waals surface area contributed by atoms with E-state index in [1.807, 2.05) is 53.8 Å². The van der Waals surface area contributed by atoms with E-state index in [9.17, 15) is 0 Å². The van der Waals surface area contributed by atoms with E-state index in [-0.39, 0.29) is 0 Å². The third kappa shape index (κ3) is 5.82. The van der Waals surface area contributed by atoms with Gasteiger partial charge >= 0.3 is 0 Å². The lowest BCUT2D eigenvalue weighted by Gasteiger charge is -2.10. The zero-order chi connectivity index (χ0) is 38.9. The van der Waals surface area contributed by atoms with E-state index in [0.29, 0.717) is 23.4 Å². The van der Waals surface area contributed by atoms with E-state index in [2.05, 4.69) is 145 Å². The van der Waals surface area contributed by atoms with Crippen LogP contribution in [0.15, 0.2) is 186 Å². The monoisotopic (exact) mass is 790 g/mol. The summed E-state index contributed by atoms with van der Waals surface area (Å²) in [6.07, 6.45) is 0. The van der Waals surface area contributed by atoms with Gasteiger partial charge < -0.3 is 4.42 Å². The Balaban J connectivity index is 0.903. The first-order valence-corrected chi connectivity index (χ1v) is 21.1. The number of thiophene rings is 2. The summed E-state index contributed by atoms with van der Waals surface area (Å²) < 4.78 is 11.0. The fourth-order valence-electron chi connectivity index (χ4n) is 8.11. The van der Waals surface area contributed by atoms with Crippen molar-refractivity contribution in [3.8, 4) is 67.9 Å². The summed E-state index contributed by atoms with van der Waals surface area (Å²) in [7, 11) is 0. The summed E-state index contributed by atoms with van der Waals surface area (Å²) >= 11 is 3.64. The molecule has 12 aromatic rings. The molecule has 5 nitrogen and oxygen atoms in total. The van der Waals surface area contributed by atoms with Crippen molar-refractivity contribution >= 4 is 74.1 Å². The summed E-state index contributed by atoms with van der Waals surface area (Å²) in [4.78, 5) is 20.0. The molecule has 0 aliphatic carbocycles. The second-order valence-corrected chi connectivity index (χ2v) is 16.7. The normalized spacial score (nSPS) is 11.7. The van der Waals surface area contributed by atoms with Gasteiger partial charge in [0.2, 0.25) is 5.89 Å². The Morgan fingerprint density at radius 1 is 0.356 bits per heavy atom. The van der Waals surface area contributed by atoms with E-state index >= 15 is 0 Å². The van der Waals surface area contributed by atoms with Crippen LogP contribution in [0, 0.1) is 0 Å². The van der Waals surface area contributed by atoms with Crippen LogP contribution in [0.2, 0.25) is 0 Å². The molecule has 12 rings (SSSR count). The molecule has 4 heterocycles. The Labute approximate surface area is 346 Å². The van der Waals surface area contributed by atoms with Crippen LogP contribution in [-0.2, 0) is 0 Å². The predicted molar refractivity (Wildman–Crippen MR) is 246 cm³/mol. The molecule has 0 saturated heterocycles. The fraction of sp³-hybridized carbons (Fsp3) is 0. The van der Waals surface area contributed by atoms with Crippen LogP contribution in [0.3, 0.4) is 0 Å². The molecular weight excluding hydrogens is 761 g/mol. The van der Waals surface area contributed by atoms with Gasteiger partial charge in [-0.2, -0.15) is 0 Å². The maximum Gasteiger partial charge on any atom is 0.227 e. The summed E-state index contributed by atoms with van der Waals surface area (Å²) in [6, 6.07) is 63.5. The SMILES string of the molecule is c1ccc(-c2nc(-c3ccc(-c4cccc5c4sc4ccc(-c6ccc(-c7nc8ccccc8o7)cc6)cc45)cc3)nc(-c3cccc4sc5ccccc5c34)n2)cc1. The minimum Gasteiger partial charge on any atom is -0.436 e. The van der Waals surface area contributed by atoms with Crippen molar-refractivity contribution in [2.75, 3.05) is 0 Å². The van der Waals surface area contributed by atoms with Gasteiger partial charge in [-0.25, -0.2) is 19.9 Å². The molecular formula is C52H30N4OS2. The standard InChI is InChI=1S/C52H30N4OS2/c1-2-10-33(11-3-1)49-54-50(56-51(55-49)40-15-9-19-46-47(40)39-12-4-7-18-44(39)58-46)34-24-22-32(23-25-34)37-13-8-14-38-41-30-36(28-29-45(41)59-48(37)38)31-20-26-35(27-21-31)52-53-42-16-5-6-17-43(42)57-52/h1-30H. The molecule has 59 heavy (non-hydrogen) atoms. The Hall–Kier alpha value is -7.32. The molecule has 0 saturated carbocycles. The molecule has 0 fully saturated rings. The third-order valence-electron chi connectivity index (χ3n) is 11.0. The lowest BCUT2D eigenvalue weighted by atomic mass is 9.99. The molecule has 8 aromatic carbocycles. The lowest BCUT2D eigenvalue weighted by molar-refractivity contribution is 0.620. The van der Waals surface area contributed by atoms with Crippen LogP contribution in [0.4, 0.5) is 0 Å². The summed E-state index contributed by atoms with van der Waals surface area (Å²) in [5.41, 5.74) is 10.2. The van der Waals surface area contributed by atoms with Crippen molar-refractivity contribution in [3.63, 3.8) is 0 Å². The number of fused-ring (bicyclic) bond motifs is 7. The summed E-state index contributed by atoms with van der Waals surface area (Å²) in [6.45, 7) is 0. The van der Waals surface area contributed by atoms with Gasteiger partial charge in [-0.05, 0) is 70.8 Å². The molecule has 0 N–H and O–H groups in total. The number of rotatable bonds is 6.